The van der Waals surface area contributed by atoms with Gasteiger partial charge in [-0.15, -0.1) is 34.8 Å². The summed E-state index contributed by atoms with van der Waals surface area (Å²) < 4.78 is 32.1. The molecule has 0 spiro atoms. The predicted molar refractivity (Wildman–Crippen MR) is 355 cm³/mol. The number of phenols is 1. The number of halogens is 9. The van der Waals surface area contributed by atoms with E-state index >= 15 is 0 Å². The number of aromatic hydroxyl groups is 1. The van der Waals surface area contributed by atoms with Crippen LogP contribution in [0.5, 0.6) is 34.5 Å². The van der Waals surface area contributed by atoms with E-state index in [0.717, 1.165) is 39.8 Å². The molecule has 2 unspecified atom stereocenters. The van der Waals surface area contributed by atoms with E-state index in [-0.39, 0.29) is 37.2 Å². The lowest BCUT2D eigenvalue weighted by atomic mass is 9.78. The third kappa shape index (κ3) is 23.2. The van der Waals surface area contributed by atoms with Crippen molar-refractivity contribution in [2.45, 2.75) is 96.7 Å². The Bertz CT molecular complexity index is 3170. The summed E-state index contributed by atoms with van der Waals surface area (Å²) >= 11 is 55.3. The lowest BCUT2D eigenvalue weighted by Gasteiger charge is -2.27. The largest absolute Gasteiger partial charge is 0.508 e. The summed E-state index contributed by atoms with van der Waals surface area (Å²) in [4.78, 5) is 42.8. The molecule has 1 fully saturated rings. The van der Waals surface area contributed by atoms with E-state index in [1.54, 1.807) is 36.4 Å². The molecule has 0 aromatic heterocycles. The van der Waals surface area contributed by atoms with Gasteiger partial charge in [-0.05, 0) is 125 Å². The van der Waals surface area contributed by atoms with Crippen LogP contribution in [-0.2, 0) is 40.2 Å². The van der Waals surface area contributed by atoms with Crippen molar-refractivity contribution in [2.24, 2.45) is 17.2 Å². The fraction of sp³-hybridized carbons (Fsp3) is 0.375. The maximum atomic E-state index is 11.3. The first-order valence-corrected chi connectivity index (χ1v) is 30.9. The Balaban J connectivity index is 0.000000328. The molecule has 24 heteroatoms. The van der Waals surface area contributed by atoms with Gasteiger partial charge in [0.05, 0.1) is 56.6 Å². The third-order valence-corrected chi connectivity index (χ3v) is 16.0. The number of carbonyl (C=O) groups is 4. The average Bonchev–Trinajstić information content (AvgIpc) is 3.80. The van der Waals surface area contributed by atoms with Gasteiger partial charge in [0.25, 0.3) is 11.7 Å². The SMILES string of the molecule is C.CC(C)(c1ccc(O)cc1)c1cc(Cl)c(OCCCCl)c(Cl)c1.CC(C)(c1ccc(OCC(=O)C(N)=O)cc1)c1cc(Cl)c(OCCCCl)c(Cl)c1.CC(C)(c1ccc(OCC(O)C(N)=O)cc1)c1cc(Cl)c(OCCCCl)c(Cl)c1.NC(=O)C1CO1. The van der Waals surface area contributed by atoms with Crippen LogP contribution in [0.4, 0.5) is 0 Å². The molecule has 1 heterocycles. The van der Waals surface area contributed by atoms with Gasteiger partial charge in [0, 0.05) is 33.9 Å². The summed E-state index contributed by atoms with van der Waals surface area (Å²) in [5.41, 5.74) is 19.4. The molecule has 0 bridgehead atoms. The second kappa shape index (κ2) is 36.5. The summed E-state index contributed by atoms with van der Waals surface area (Å²) in [7, 11) is 0. The van der Waals surface area contributed by atoms with Crippen LogP contribution in [0.25, 0.3) is 0 Å². The zero-order chi connectivity index (χ0) is 64.8. The first-order chi connectivity index (χ1) is 41.0. The number of nitrogens with two attached hydrogens (primary N) is 3. The number of hydrogen-bond donors (Lipinski definition) is 5. The smallest absolute Gasteiger partial charge is 0.288 e. The molecule has 3 amide bonds. The molecule has 1 saturated heterocycles. The van der Waals surface area contributed by atoms with Gasteiger partial charge < -0.3 is 55.8 Å². The van der Waals surface area contributed by atoms with Crippen molar-refractivity contribution >= 4 is 128 Å². The number of alkyl halides is 3. The zero-order valence-electron chi connectivity index (χ0n) is 48.6. The zero-order valence-corrected chi connectivity index (χ0v) is 55.4. The summed E-state index contributed by atoms with van der Waals surface area (Å²) in [6.07, 6.45) is 0.521. The highest BCUT2D eigenvalue weighted by Gasteiger charge is 2.30. The second-order valence-electron chi connectivity index (χ2n) is 21.0. The van der Waals surface area contributed by atoms with Gasteiger partial charge in [-0.3, -0.25) is 19.2 Å². The fourth-order valence-electron chi connectivity index (χ4n) is 7.87. The fourth-order valence-corrected chi connectivity index (χ4v) is 9.98. The number of hydrogen-bond acceptors (Lipinski definition) is 12. The van der Waals surface area contributed by atoms with Gasteiger partial charge in [0.1, 0.15) is 23.9 Å². The molecule has 480 valence electrons. The van der Waals surface area contributed by atoms with E-state index in [0.29, 0.717) is 116 Å². The highest BCUT2D eigenvalue weighted by Crippen LogP contribution is 2.44. The lowest BCUT2D eigenvalue weighted by molar-refractivity contribution is -0.137. The highest BCUT2D eigenvalue weighted by atomic mass is 35.5. The van der Waals surface area contributed by atoms with Crippen LogP contribution >= 0.6 is 104 Å². The van der Waals surface area contributed by atoms with Crippen LogP contribution in [0, 0.1) is 0 Å². The van der Waals surface area contributed by atoms with Gasteiger partial charge >= 0.3 is 0 Å². The van der Waals surface area contributed by atoms with Crippen molar-refractivity contribution in [3.8, 4) is 34.5 Å². The van der Waals surface area contributed by atoms with Crippen molar-refractivity contribution in [3.05, 3.63) is 173 Å². The number of phenolic OH excluding ortho intramolecular Hbond substituents is 1. The number of carbonyl (C=O) groups excluding carboxylic acids is 4. The molecule has 7 rings (SSSR count). The normalized spacial score (nSPS) is 12.8. The van der Waals surface area contributed by atoms with Crippen molar-refractivity contribution in [1.29, 1.82) is 0 Å². The van der Waals surface area contributed by atoms with Gasteiger partial charge in [0.2, 0.25) is 11.8 Å². The van der Waals surface area contributed by atoms with E-state index in [9.17, 15) is 29.4 Å². The molecule has 0 aliphatic carbocycles. The average molecular weight is 1400 g/mol. The molecule has 2 atom stereocenters. The number of benzene rings is 6. The third-order valence-electron chi connectivity index (χ3n) is 13.5. The molecular weight excluding hydrogens is 1320 g/mol. The Hall–Kier alpha value is -5.27. The van der Waals surface area contributed by atoms with Gasteiger partial charge in [-0.25, -0.2) is 0 Å². The van der Waals surface area contributed by atoms with Crippen molar-refractivity contribution in [3.63, 3.8) is 0 Å². The maximum absolute atomic E-state index is 11.3. The molecule has 8 N–H and O–H groups in total. The second-order valence-corrected chi connectivity index (χ2v) is 24.6. The van der Waals surface area contributed by atoms with Crippen LogP contribution in [-0.4, -0.2) is 103 Å². The molecule has 6 aromatic rings. The summed E-state index contributed by atoms with van der Waals surface area (Å²) in [6.45, 7) is 13.6. The highest BCUT2D eigenvalue weighted by molar-refractivity contribution is 6.38. The number of primary amides is 3. The van der Waals surface area contributed by atoms with Crippen LogP contribution in [0.15, 0.2) is 109 Å². The Morgan fingerprint density at radius 1 is 0.511 bits per heavy atom. The van der Waals surface area contributed by atoms with Crippen molar-refractivity contribution in [1.82, 2.24) is 0 Å². The topological polar surface area (TPSA) is 245 Å². The van der Waals surface area contributed by atoms with E-state index in [4.69, 9.17) is 145 Å². The van der Waals surface area contributed by atoms with Crippen LogP contribution in [0.1, 0.15) is 102 Å². The molecule has 6 aromatic carbocycles. The summed E-state index contributed by atoms with van der Waals surface area (Å²) in [5.74, 6) is 1.14. The van der Waals surface area contributed by atoms with E-state index in [2.05, 4.69) is 32.4 Å². The molecule has 1 aliphatic heterocycles. The minimum absolute atomic E-state index is 0. The van der Waals surface area contributed by atoms with Crippen molar-refractivity contribution in [2.75, 3.05) is 57.3 Å². The summed E-state index contributed by atoms with van der Waals surface area (Å²) in [5, 5.41) is 21.6. The Kier molecular flexibility index (Phi) is 32.0. The predicted octanol–water partition coefficient (Wildman–Crippen LogP) is 14.9. The standard InChI is InChI=1S/C21H24Cl3NO4.C21H22Cl3NO4.C18H19Cl3O2.C3H5NO2.CH4/c2*1-21(2,13-4-6-15(7-5-13)29-12-18(26)20(25)27)14-10-16(23)19(17(24)11-14)28-9-3-8-22;1-18(2,12-4-6-14(22)7-5-12)13-10-15(20)17(16(21)11-13)23-9-3-8-19;4-3(5)2-1-6-2;/h4-7,10-11,18,26H,3,8-9,12H2,1-2H3,(H2,25,27);4-7,10-11H,3,8-9,12H2,1-2H3,(H2,25,27);4-7,10-11,22H,3,8-9H2,1-2H3;2H,1H2,(H2,4,5);1H4. The quantitative estimate of drug-likeness (QED) is 0.0140. The number of rotatable bonds is 27. The molecule has 88 heavy (non-hydrogen) atoms. The molecule has 15 nitrogen and oxygen atoms in total. The Labute approximate surface area is 560 Å². The molecular formula is C64H74Cl9N3O12. The molecule has 0 saturated carbocycles. The number of aliphatic hydroxyl groups excluding tert-OH is 1. The monoisotopic (exact) mass is 1390 g/mol. The number of ether oxygens (including phenoxy) is 6. The first kappa shape index (κ1) is 77.0. The molecule has 0 radical (unpaired) electrons. The van der Waals surface area contributed by atoms with Gasteiger partial charge in [-0.2, -0.15) is 0 Å². The number of ketones is 1. The molecule has 1 aliphatic rings. The number of aliphatic hydroxyl groups is 1. The Morgan fingerprint density at radius 2 is 0.807 bits per heavy atom. The van der Waals surface area contributed by atoms with Crippen LogP contribution < -0.4 is 40.9 Å². The number of amides is 3. The number of Topliss-reactive ketones (excluding diaryl/α,β-unsaturated/α-hetero) is 1. The number of epoxide rings is 1. The van der Waals surface area contributed by atoms with Gasteiger partial charge in [0.15, 0.2) is 36.1 Å². The first-order valence-electron chi connectivity index (χ1n) is 27.0. The minimum atomic E-state index is -1.35. The van der Waals surface area contributed by atoms with E-state index in [1.807, 2.05) is 86.6 Å². The summed E-state index contributed by atoms with van der Waals surface area (Å²) in [6, 6.07) is 32.7. The Morgan fingerprint density at radius 3 is 1.06 bits per heavy atom. The minimum Gasteiger partial charge on any atom is -0.508 e. The van der Waals surface area contributed by atoms with Gasteiger partial charge in [-0.1, -0.05) is 155 Å². The van der Waals surface area contributed by atoms with Crippen molar-refractivity contribution < 1.29 is 57.8 Å². The van der Waals surface area contributed by atoms with E-state index < -0.39 is 41.1 Å². The lowest BCUT2D eigenvalue weighted by Crippen LogP contribution is -2.33. The van der Waals surface area contributed by atoms with Crippen LogP contribution in [0.3, 0.4) is 0 Å². The maximum Gasteiger partial charge on any atom is 0.288 e. The van der Waals surface area contributed by atoms with E-state index in [1.165, 1.54) is 0 Å². The van der Waals surface area contributed by atoms with Crippen LogP contribution in [0.2, 0.25) is 30.1 Å².